The molecule has 1 aromatic carbocycles. The van der Waals surface area contributed by atoms with Gasteiger partial charge in [-0.2, -0.15) is 0 Å². The molecule has 0 saturated carbocycles. The average molecular weight is 396 g/mol. The van der Waals surface area contributed by atoms with Gasteiger partial charge < -0.3 is 14.7 Å². The van der Waals surface area contributed by atoms with Gasteiger partial charge >= 0.3 is 0 Å². The van der Waals surface area contributed by atoms with Crippen LogP contribution in [0.15, 0.2) is 30.6 Å². The first-order valence-electron chi connectivity index (χ1n) is 10.0. The summed E-state index contributed by atoms with van der Waals surface area (Å²) in [5.74, 6) is 0.735. The smallest absolute Gasteiger partial charge is 0.225 e. The highest BCUT2D eigenvalue weighted by molar-refractivity contribution is 5.94. The number of hydrogen-bond acceptors (Lipinski definition) is 5. The highest BCUT2D eigenvalue weighted by atomic mass is 16.2. The number of rotatable bonds is 5. The molecule has 0 N–H and O–H groups in total. The maximum Gasteiger partial charge on any atom is 0.225 e. The summed E-state index contributed by atoms with van der Waals surface area (Å²) < 4.78 is 0. The van der Waals surface area contributed by atoms with Gasteiger partial charge in [0.15, 0.2) is 0 Å². The van der Waals surface area contributed by atoms with E-state index in [0.717, 1.165) is 16.8 Å². The second-order valence-electron chi connectivity index (χ2n) is 7.58. The van der Waals surface area contributed by atoms with Crippen LogP contribution in [-0.2, 0) is 9.59 Å². The van der Waals surface area contributed by atoms with Gasteiger partial charge in [0.1, 0.15) is 0 Å². The quantitative estimate of drug-likeness (QED) is 0.778. The fourth-order valence-electron chi connectivity index (χ4n) is 4.00. The van der Waals surface area contributed by atoms with Gasteiger partial charge in [-0.15, -0.1) is 0 Å². The zero-order valence-electron chi connectivity index (χ0n) is 17.7. The van der Waals surface area contributed by atoms with Crippen LogP contribution >= 0.6 is 0 Å². The first-order valence-corrected chi connectivity index (χ1v) is 10.0. The van der Waals surface area contributed by atoms with Crippen molar-refractivity contribution in [2.45, 2.75) is 34.1 Å². The normalized spacial score (nSPS) is 14.1. The molecule has 2 aromatic rings. The Kier molecular flexibility index (Phi) is 6.46. The summed E-state index contributed by atoms with van der Waals surface area (Å²) in [6, 6.07) is 5.94. The van der Waals surface area contributed by atoms with E-state index in [-0.39, 0.29) is 11.8 Å². The molecule has 1 saturated heterocycles. The van der Waals surface area contributed by atoms with Crippen LogP contribution in [0.1, 0.15) is 30.0 Å². The molecule has 0 spiro atoms. The minimum absolute atomic E-state index is 0.0427. The van der Waals surface area contributed by atoms with Crippen molar-refractivity contribution in [3.8, 4) is 0 Å². The van der Waals surface area contributed by atoms with Gasteiger partial charge in [0.05, 0.1) is 0 Å². The molecule has 0 bridgehead atoms. The second-order valence-corrected chi connectivity index (χ2v) is 7.58. The topological polar surface area (TPSA) is 69.6 Å². The van der Waals surface area contributed by atoms with Crippen LogP contribution in [0.5, 0.6) is 0 Å². The van der Waals surface area contributed by atoms with Crippen molar-refractivity contribution in [1.82, 2.24) is 14.9 Å². The number of anilines is 2. The van der Waals surface area contributed by atoms with Crippen molar-refractivity contribution in [1.29, 1.82) is 0 Å². The number of aryl methyl sites for hydroxylation is 3. The maximum atomic E-state index is 12.8. The van der Waals surface area contributed by atoms with Crippen molar-refractivity contribution in [2.24, 2.45) is 0 Å². The number of aromatic nitrogens is 2. The predicted molar refractivity (Wildman–Crippen MR) is 114 cm³/mol. The molecule has 0 aliphatic carbocycles. The van der Waals surface area contributed by atoms with Crippen molar-refractivity contribution < 1.29 is 9.59 Å². The van der Waals surface area contributed by atoms with E-state index in [1.54, 1.807) is 30.3 Å². The Bertz CT molecular complexity index is 853. The summed E-state index contributed by atoms with van der Waals surface area (Å²) in [6.45, 7) is 10.7. The lowest BCUT2D eigenvalue weighted by atomic mass is 10.0. The third-order valence-corrected chi connectivity index (χ3v) is 5.30. The number of carbonyl (C=O) groups is 2. The van der Waals surface area contributed by atoms with Gasteiger partial charge in [-0.05, 0) is 38.0 Å². The fraction of sp³-hybridized carbons (Fsp3) is 0.455. The maximum absolute atomic E-state index is 12.8. The number of benzene rings is 1. The molecule has 1 aromatic heterocycles. The standard InChI is InChI=1S/C22H29N5O2/c1-16-14-17(2)21(18(3)15-16)27(19(4)28)9-6-20(29)25-10-12-26(13-11-25)22-23-7-5-8-24-22/h5,7-8,14-15H,6,9-13H2,1-4H3. The zero-order valence-corrected chi connectivity index (χ0v) is 17.7. The van der Waals surface area contributed by atoms with Gasteiger partial charge in [-0.25, -0.2) is 9.97 Å². The van der Waals surface area contributed by atoms with Gasteiger partial charge in [0, 0.05) is 64.1 Å². The summed E-state index contributed by atoms with van der Waals surface area (Å²) in [5.41, 5.74) is 4.20. The zero-order chi connectivity index (χ0) is 21.0. The average Bonchev–Trinajstić information content (AvgIpc) is 2.70. The molecule has 3 rings (SSSR count). The number of hydrogen-bond donors (Lipinski definition) is 0. The number of carbonyl (C=O) groups excluding carboxylic acids is 2. The molecule has 0 radical (unpaired) electrons. The monoisotopic (exact) mass is 395 g/mol. The van der Waals surface area contributed by atoms with E-state index in [1.165, 1.54) is 5.56 Å². The minimum atomic E-state index is -0.0427. The molecule has 0 unspecified atom stereocenters. The third kappa shape index (κ3) is 4.91. The number of piperazine rings is 1. The largest absolute Gasteiger partial charge is 0.339 e. The minimum Gasteiger partial charge on any atom is -0.339 e. The molecular weight excluding hydrogens is 366 g/mol. The van der Waals surface area contributed by atoms with Crippen LogP contribution in [0.3, 0.4) is 0 Å². The van der Waals surface area contributed by atoms with Crippen LogP contribution in [0, 0.1) is 20.8 Å². The first-order chi connectivity index (χ1) is 13.9. The first kappa shape index (κ1) is 20.8. The van der Waals surface area contributed by atoms with E-state index in [9.17, 15) is 9.59 Å². The predicted octanol–water partition coefficient (Wildman–Crippen LogP) is 2.49. The SMILES string of the molecule is CC(=O)N(CCC(=O)N1CCN(c2ncccn2)CC1)c1c(C)cc(C)cc1C. The van der Waals surface area contributed by atoms with E-state index >= 15 is 0 Å². The Labute approximate surface area is 172 Å². The molecule has 1 aliphatic heterocycles. The number of amides is 2. The Morgan fingerprint density at radius 3 is 2.14 bits per heavy atom. The van der Waals surface area contributed by atoms with Crippen LogP contribution in [0.25, 0.3) is 0 Å². The fourth-order valence-corrected chi connectivity index (χ4v) is 4.00. The van der Waals surface area contributed by atoms with Crippen LogP contribution in [0.4, 0.5) is 11.6 Å². The molecule has 1 fully saturated rings. The van der Waals surface area contributed by atoms with Gasteiger partial charge in [0.25, 0.3) is 0 Å². The molecule has 1 aliphatic rings. The summed E-state index contributed by atoms with van der Waals surface area (Å²) in [5, 5.41) is 0. The molecule has 7 heteroatoms. The summed E-state index contributed by atoms with van der Waals surface area (Å²) in [7, 11) is 0. The summed E-state index contributed by atoms with van der Waals surface area (Å²) >= 11 is 0. The van der Waals surface area contributed by atoms with Gasteiger partial charge in [-0.1, -0.05) is 17.7 Å². The van der Waals surface area contributed by atoms with Crippen molar-refractivity contribution in [3.05, 3.63) is 47.3 Å². The van der Waals surface area contributed by atoms with E-state index in [1.807, 2.05) is 25.7 Å². The Hall–Kier alpha value is -2.96. The summed E-state index contributed by atoms with van der Waals surface area (Å²) in [4.78, 5) is 39.3. The molecule has 7 nitrogen and oxygen atoms in total. The van der Waals surface area contributed by atoms with Crippen molar-refractivity contribution in [3.63, 3.8) is 0 Å². The van der Waals surface area contributed by atoms with Gasteiger partial charge in [0.2, 0.25) is 17.8 Å². The third-order valence-electron chi connectivity index (χ3n) is 5.30. The van der Waals surface area contributed by atoms with Gasteiger partial charge in [-0.3, -0.25) is 9.59 Å². The van der Waals surface area contributed by atoms with Crippen LogP contribution < -0.4 is 9.80 Å². The molecule has 154 valence electrons. The Morgan fingerprint density at radius 1 is 1.00 bits per heavy atom. The van der Waals surface area contributed by atoms with Crippen LogP contribution in [-0.4, -0.2) is 59.4 Å². The van der Waals surface area contributed by atoms with Crippen LogP contribution in [0.2, 0.25) is 0 Å². The second kappa shape index (κ2) is 9.03. The lowest BCUT2D eigenvalue weighted by Crippen LogP contribution is -2.49. The lowest BCUT2D eigenvalue weighted by molar-refractivity contribution is -0.131. The highest BCUT2D eigenvalue weighted by Gasteiger charge is 2.24. The lowest BCUT2D eigenvalue weighted by Gasteiger charge is -2.35. The molecule has 0 atom stereocenters. The van der Waals surface area contributed by atoms with E-state index in [0.29, 0.717) is 45.1 Å². The van der Waals surface area contributed by atoms with Crippen molar-refractivity contribution >= 4 is 23.5 Å². The molecule has 2 amide bonds. The molecular formula is C22H29N5O2. The highest BCUT2D eigenvalue weighted by Crippen LogP contribution is 2.27. The van der Waals surface area contributed by atoms with E-state index < -0.39 is 0 Å². The molecule has 2 heterocycles. The Balaban J connectivity index is 1.60. The van der Waals surface area contributed by atoms with Crippen molar-refractivity contribution in [2.75, 3.05) is 42.5 Å². The Morgan fingerprint density at radius 2 is 1.59 bits per heavy atom. The number of nitrogens with zero attached hydrogens (tertiary/aromatic N) is 5. The van der Waals surface area contributed by atoms with E-state index in [2.05, 4.69) is 27.0 Å². The molecule has 29 heavy (non-hydrogen) atoms. The van der Waals surface area contributed by atoms with E-state index in [4.69, 9.17) is 0 Å². The summed E-state index contributed by atoms with van der Waals surface area (Å²) in [6.07, 6.45) is 3.77.